The minimum atomic E-state index is -1.23. The average molecular weight is 359 g/mol. The minimum absolute atomic E-state index is 0.00313. The molecule has 26 heavy (non-hydrogen) atoms. The van der Waals surface area contributed by atoms with Crippen molar-refractivity contribution in [2.75, 3.05) is 0 Å². The van der Waals surface area contributed by atoms with Gasteiger partial charge in [-0.15, -0.1) is 0 Å². The molecule has 7 nitrogen and oxygen atoms in total. The van der Waals surface area contributed by atoms with E-state index in [9.17, 15) is 24.5 Å². The highest BCUT2D eigenvalue weighted by atomic mass is 16.5. The van der Waals surface area contributed by atoms with Gasteiger partial charge in [0, 0.05) is 25.1 Å². The van der Waals surface area contributed by atoms with Crippen LogP contribution in [0.15, 0.2) is 18.2 Å². The van der Waals surface area contributed by atoms with Crippen molar-refractivity contribution < 1.29 is 29.2 Å². The molecule has 4 N–H and O–H groups in total. The summed E-state index contributed by atoms with van der Waals surface area (Å²) in [5.74, 6) is -1.39. The predicted octanol–water partition coefficient (Wildman–Crippen LogP) is 1.22. The number of nitrogens with two attached hydrogens (primary N) is 1. The first-order valence-electron chi connectivity index (χ1n) is 8.85. The number of para-hydroxylation sites is 1. The van der Waals surface area contributed by atoms with Gasteiger partial charge in [0.2, 0.25) is 0 Å². The minimum Gasteiger partial charge on any atom is -0.535 e. The summed E-state index contributed by atoms with van der Waals surface area (Å²) in [5.41, 5.74) is 6.37. The summed E-state index contributed by atoms with van der Waals surface area (Å²) >= 11 is 0. The Morgan fingerprint density at radius 2 is 2.00 bits per heavy atom. The smallest absolute Gasteiger partial charge is 0.526 e. The van der Waals surface area contributed by atoms with Gasteiger partial charge in [0.05, 0.1) is 11.6 Å². The molecule has 1 aliphatic carbocycles. The fourth-order valence-electron chi connectivity index (χ4n) is 3.81. The van der Waals surface area contributed by atoms with E-state index in [2.05, 4.69) is 0 Å². The van der Waals surface area contributed by atoms with E-state index in [4.69, 9.17) is 10.4 Å². The topological polar surface area (TPSA) is 127 Å². The molecular formula is C18H22BNO6. The fourth-order valence-corrected chi connectivity index (χ4v) is 3.81. The SMILES string of the molecule is NC1CCC(CC(=O)C[C@H]2Cc3cccc(C(=O)O)c3OB2O)CC1=O. The molecule has 1 aromatic carbocycles. The highest BCUT2D eigenvalue weighted by Gasteiger charge is 2.38. The molecule has 0 bridgehead atoms. The molecule has 3 atom stereocenters. The summed E-state index contributed by atoms with van der Waals surface area (Å²) in [6, 6.07) is 4.38. The van der Waals surface area contributed by atoms with E-state index in [1.54, 1.807) is 12.1 Å². The van der Waals surface area contributed by atoms with E-state index in [-0.39, 0.29) is 35.2 Å². The molecule has 0 saturated heterocycles. The molecule has 1 saturated carbocycles. The van der Waals surface area contributed by atoms with E-state index in [0.717, 1.165) is 6.42 Å². The second-order valence-corrected chi connectivity index (χ2v) is 7.24. The Balaban J connectivity index is 1.62. The summed E-state index contributed by atoms with van der Waals surface area (Å²) < 4.78 is 5.41. The summed E-state index contributed by atoms with van der Waals surface area (Å²) in [6.07, 6.45) is 2.50. The van der Waals surface area contributed by atoms with Gasteiger partial charge in [-0.3, -0.25) is 9.59 Å². The van der Waals surface area contributed by atoms with Crippen molar-refractivity contribution in [2.24, 2.45) is 11.7 Å². The maximum absolute atomic E-state index is 12.4. The zero-order valence-electron chi connectivity index (χ0n) is 14.4. The molecule has 138 valence electrons. The zero-order valence-corrected chi connectivity index (χ0v) is 14.4. The van der Waals surface area contributed by atoms with Gasteiger partial charge in [-0.05, 0) is 36.8 Å². The van der Waals surface area contributed by atoms with Crippen LogP contribution in [0.4, 0.5) is 0 Å². The first-order chi connectivity index (χ1) is 12.3. The van der Waals surface area contributed by atoms with Crippen LogP contribution in [0.3, 0.4) is 0 Å². The van der Waals surface area contributed by atoms with Gasteiger partial charge in [0.15, 0.2) is 0 Å². The lowest BCUT2D eigenvalue weighted by atomic mass is 9.64. The summed E-state index contributed by atoms with van der Waals surface area (Å²) in [4.78, 5) is 35.4. The van der Waals surface area contributed by atoms with Crippen molar-refractivity contribution in [3.8, 4) is 5.75 Å². The van der Waals surface area contributed by atoms with Crippen LogP contribution in [-0.2, 0) is 16.0 Å². The van der Waals surface area contributed by atoms with Crippen LogP contribution in [0.25, 0.3) is 0 Å². The number of carboxylic acid groups (broad SMARTS) is 1. The number of ketones is 2. The fraction of sp³-hybridized carbons (Fsp3) is 0.500. The van der Waals surface area contributed by atoms with E-state index < -0.39 is 24.9 Å². The second kappa shape index (κ2) is 7.59. The lowest BCUT2D eigenvalue weighted by Crippen LogP contribution is -2.38. The molecular weight excluding hydrogens is 337 g/mol. The Bertz CT molecular complexity index is 736. The summed E-state index contributed by atoms with van der Waals surface area (Å²) in [5, 5.41) is 19.4. The molecule has 0 aromatic heterocycles. The number of carboxylic acids is 1. The van der Waals surface area contributed by atoms with Crippen molar-refractivity contribution >= 4 is 24.7 Å². The Kier molecular flexibility index (Phi) is 5.43. The van der Waals surface area contributed by atoms with Crippen LogP contribution in [0, 0.1) is 5.92 Å². The lowest BCUT2D eigenvalue weighted by molar-refractivity contribution is -0.124. The average Bonchev–Trinajstić information content (AvgIpc) is 2.58. The molecule has 1 aromatic rings. The van der Waals surface area contributed by atoms with E-state index in [1.807, 2.05) is 0 Å². The number of hydrogen-bond acceptors (Lipinski definition) is 6. The Labute approximate surface area is 151 Å². The van der Waals surface area contributed by atoms with Crippen molar-refractivity contribution in [1.82, 2.24) is 0 Å². The molecule has 2 aliphatic rings. The molecule has 3 rings (SSSR count). The van der Waals surface area contributed by atoms with E-state index in [0.29, 0.717) is 31.2 Å². The maximum atomic E-state index is 12.4. The molecule has 0 spiro atoms. The second-order valence-electron chi connectivity index (χ2n) is 7.24. The molecule has 0 radical (unpaired) electrons. The molecule has 8 heteroatoms. The monoisotopic (exact) mass is 359 g/mol. The van der Waals surface area contributed by atoms with Crippen molar-refractivity contribution in [3.05, 3.63) is 29.3 Å². The third-order valence-corrected chi connectivity index (χ3v) is 5.25. The van der Waals surface area contributed by atoms with E-state index in [1.165, 1.54) is 6.07 Å². The number of aromatic carboxylic acids is 1. The highest BCUT2D eigenvalue weighted by molar-refractivity contribution is 6.47. The standard InChI is InChI=1S/C18H22BNO6/c20-15-5-4-10(7-16(15)22)6-13(21)9-12-8-11-2-1-3-14(18(23)24)17(11)26-19(12)25/h1-3,10,12,15,25H,4-9,20H2,(H,23,24)/t10?,12-,15?/m1/s1. The third-order valence-electron chi connectivity index (χ3n) is 5.25. The Hall–Kier alpha value is -2.19. The Morgan fingerprint density at radius 3 is 2.69 bits per heavy atom. The van der Waals surface area contributed by atoms with Crippen molar-refractivity contribution in [1.29, 1.82) is 0 Å². The number of rotatable bonds is 5. The highest BCUT2D eigenvalue weighted by Crippen LogP contribution is 2.37. The zero-order chi connectivity index (χ0) is 18.8. The first-order valence-corrected chi connectivity index (χ1v) is 8.85. The first kappa shape index (κ1) is 18.6. The molecule has 1 fully saturated rings. The number of benzene rings is 1. The number of carbonyl (C=O) groups excluding carboxylic acids is 2. The number of fused-ring (bicyclic) bond motifs is 1. The summed E-state index contributed by atoms with van der Waals surface area (Å²) in [7, 11) is -1.23. The van der Waals surface area contributed by atoms with Crippen LogP contribution >= 0.6 is 0 Å². The van der Waals surface area contributed by atoms with Gasteiger partial charge in [-0.1, -0.05) is 12.1 Å². The lowest BCUT2D eigenvalue weighted by Gasteiger charge is -2.29. The van der Waals surface area contributed by atoms with Crippen molar-refractivity contribution in [3.63, 3.8) is 0 Å². The van der Waals surface area contributed by atoms with Gasteiger partial charge >= 0.3 is 13.1 Å². The van der Waals surface area contributed by atoms with Crippen molar-refractivity contribution in [2.45, 2.75) is 50.4 Å². The Morgan fingerprint density at radius 1 is 1.23 bits per heavy atom. The van der Waals surface area contributed by atoms with Gasteiger partial charge in [0.1, 0.15) is 17.3 Å². The largest absolute Gasteiger partial charge is 0.535 e. The van der Waals surface area contributed by atoms with Crippen LogP contribution in [0.2, 0.25) is 5.82 Å². The normalized spacial score (nSPS) is 25.4. The molecule has 1 aliphatic heterocycles. The molecule has 2 unspecified atom stereocenters. The maximum Gasteiger partial charge on any atom is 0.526 e. The van der Waals surface area contributed by atoms with Gasteiger partial charge in [-0.2, -0.15) is 0 Å². The van der Waals surface area contributed by atoms with Crippen LogP contribution in [0.1, 0.15) is 48.0 Å². The number of carbonyl (C=O) groups is 3. The summed E-state index contributed by atoms with van der Waals surface area (Å²) in [6.45, 7) is 0. The third kappa shape index (κ3) is 3.97. The van der Waals surface area contributed by atoms with Crippen LogP contribution in [0.5, 0.6) is 5.75 Å². The van der Waals surface area contributed by atoms with Crippen LogP contribution < -0.4 is 10.4 Å². The predicted molar refractivity (Wildman–Crippen MR) is 94.0 cm³/mol. The van der Waals surface area contributed by atoms with Gasteiger partial charge in [-0.25, -0.2) is 4.79 Å². The van der Waals surface area contributed by atoms with E-state index >= 15 is 0 Å². The van der Waals surface area contributed by atoms with Gasteiger partial charge < -0.3 is 20.5 Å². The number of Topliss-reactive ketones (excluding diaryl/α,β-unsaturated/α-hetero) is 2. The van der Waals surface area contributed by atoms with Crippen LogP contribution in [-0.4, -0.2) is 40.8 Å². The molecule has 0 amide bonds. The quantitative estimate of drug-likeness (QED) is 0.675. The molecule has 1 heterocycles. The number of hydrogen-bond donors (Lipinski definition) is 3. The van der Waals surface area contributed by atoms with Gasteiger partial charge in [0.25, 0.3) is 0 Å².